The number of benzene rings is 1. The van der Waals surface area contributed by atoms with Gasteiger partial charge in [-0.3, -0.25) is 0 Å². The van der Waals surface area contributed by atoms with Crippen LogP contribution in [0, 0.1) is 6.92 Å². The van der Waals surface area contributed by atoms with Crippen molar-refractivity contribution in [3.05, 3.63) is 29.3 Å². The minimum Gasteiger partial charge on any atom is -0.371 e. The highest BCUT2D eigenvalue weighted by molar-refractivity contribution is 5.56. The summed E-state index contributed by atoms with van der Waals surface area (Å²) < 4.78 is 0. The number of hydrogen-bond acceptors (Lipinski definition) is 1. The second-order valence-corrected chi connectivity index (χ2v) is 5.13. The fourth-order valence-corrected chi connectivity index (χ4v) is 2.50. The van der Waals surface area contributed by atoms with Crippen molar-refractivity contribution in [3.63, 3.8) is 0 Å². The fourth-order valence-electron chi connectivity index (χ4n) is 2.50. The first kappa shape index (κ1) is 14.1. The van der Waals surface area contributed by atoms with Crippen LogP contribution in [-0.4, -0.2) is 13.1 Å². The van der Waals surface area contributed by atoms with Crippen molar-refractivity contribution in [2.24, 2.45) is 0 Å². The molecule has 0 amide bonds. The molecule has 0 spiro atoms. The van der Waals surface area contributed by atoms with Gasteiger partial charge in [0.25, 0.3) is 0 Å². The molecule has 0 aliphatic carbocycles. The summed E-state index contributed by atoms with van der Waals surface area (Å²) in [5.41, 5.74) is 4.38. The zero-order valence-corrected chi connectivity index (χ0v) is 12.1. The van der Waals surface area contributed by atoms with Crippen LogP contribution in [0.4, 0.5) is 5.69 Å². The quantitative estimate of drug-likeness (QED) is 0.685. The van der Waals surface area contributed by atoms with Gasteiger partial charge in [0.2, 0.25) is 0 Å². The number of hydrogen-bond donors (Lipinski definition) is 0. The Morgan fingerprint density at radius 3 is 2.12 bits per heavy atom. The molecule has 0 saturated heterocycles. The molecule has 17 heavy (non-hydrogen) atoms. The molecule has 1 heteroatoms. The Labute approximate surface area is 107 Å². The Hall–Kier alpha value is -0.980. The third-order valence-electron chi connectivity index (χ3n) is 3.30. The molecule has 0 atom stereocenters. The molecule has 1 aromatic carbocycles. The van der Waals surface area contributed by atoms with Crippen molar-refractivity contribution in [2.75, 3.05) is 18.0 Å². The molecule has 1 aromatic rings. The molecule has 0 fully saturated rings. The Bertz CT molecular complexity index is 335. The van der Waals surface area contributed by atoms with Gasteiger partial charge in [-0.15, -0.1) is 0 Å². The van der Waals surface area contributed by atoms with E-state index >= 15 is 0 Å². The third kappa shape index (κ3) is 3.49. The van der Waals surface area contributed by atoms with Gasteiger partial charge in [0.05, 0.1) is 0 Å². The summed E-state index contributed by atoms with van der Waals surface area (Å²) in [4.78, 5) is 2.53. The summed E-state index contributed by atoms with van der Waals surface area (Å²) in [6.45, 7) is 13.6. The molecule has 0 aliphatic rings. The van der Waals surface area contributed by atoms with Gasteiger partial charge in [-0.2, -0.15) is 0 Å². The van der Waals surface area contributed by atoms with E-state index in [-0.39, 0.29) is 0 Å². The average molecular weight is 233 g/mol. The lowest BCUT2D eigenvalue weighted by atomic mass is 9.96. The highest BCUT2D eigenvalue weighted by Gasteiger charge is 2.11. The molecule has 1 nitrogen and oxygen atoms in total. The van der Waals surface area contributed by atoms with Crippen LogP contribution < -0.4 is 4.90 Å². The lowest BCUT2D eigenvalue weighted by molar-refractivity contribution is 0.739. The number of rotatable bonds is 6. The molecule has 1 rings (SSSR count). The summed E-state index contributed by atoms with van der Waals surface area (Å²) in [7, 11) is 0. The smallest absolute Gasteiger partial charge is 0.0398 e. The fraction of sp³-hybridized carbons (Fsp3) is 0.625. The Balaban J connectivity index is 3.05. The van der Waals surface area contributed by atoms with Crippen LogP contribution in [0.5, 0.6) is 0 Å². The topological polar surface area (TPSA) is 3.24 Å². The molecular weight excluding hydrogens is 206 g/mol. The summed E-state index contributed by atoms with van der Waals surface area (Å²) in [6, 6.07) is 6.74. The number of anilines is 1. The van der Waals surface area contributed by atoms with Gasteiger partial charge in [0.15, 0.2) is 0 Å². The van der Waals surface area contributed by atoms with Gasteiger partial charge < -0.3 is 4.90 Å². The third-order valence-corrected chi connectivity index (χ3v) is 3.30. The van der Waals surface area contributed by atoms with E-state index in [1.807, 2.05) is 0 Å². The van der Waals surface area contributed by atoms with Crippen molar-refractivity contribution in [1.29, 1.82) is 0 Å². The summed E-state index contributed by atoms with van der Waals surface area (Å²) in [5.74, 6) is 0.611. The van der Waals surface area contributed by atoms with E-state index in [2.05, 4.69) is 57.7 Å². The zero-order valence-electron chi connectivity index (χ0n) is 12.1. The second kappa shape index (κ2) is 6.68. The summed E-state index contributed by atoms with van der Waals surface area (Å²) in [5, 5.41) is 0. The minimum absolute atomic E-state index is 0.611. The van der Waals surface area contributed by atoms with Gasteiger partial charge in [-0.1, -0.05) is 39.8 Å². The first-order chi connectivity index (χ1) is 8.11. The maximum Gasteiger partial charge on any atom is 0.0398 e. The molecule has 0 saturated carbocycles. The second-order valence-electron chi connectivity index (χ2n) is 5.13. The van der Waals surface area contributed by atoms with Crippen molar-refractivity contribution < 1.29 is 0 Å². The van der Waals surface area contributed by atoms with E-state index < -0.39 is 0 Å². The standard InChI is InChI=1S/C16H27N/c1-6-11-17(12-7-2)16-10-8-9-15(13(3)4)14(16)5/h8-10,13H,6-7,11-12H2,1-5H3. The van der Waals surface area contributed by atoms with Crippen LogP contribution in [-0.2, 0) is 0 Å². The van der Waals surface area contributed by atoms with Crippen LogP contribution >= 0.6 is 0 Å². The van der Waals surface area contributed by atoms with Crippen LogP contribution in [0.1, 0.15) is 57.6 Å². The molecule has 0 heterocycles. The molecule has 0 unspecified atom stereocenters. The average Bonchev–Trinajstić information content (AvgIpc) is 2.29. The van der Waals surface area contributed by atoms with Crippen molar-refractivity contribution in [3.8, 4) is 0 Å². The Kier molecular flexibility index (Phi) is 5.54. The van der Waals surface area contributed by atoms with E-state index in [1.54, 1.807) is 0 Å². The number of nitrogens with zero attached hydrogens (tertiary/aromatic N) is 1. The van der Waals surface area contributed by atoms with Gasteiger partial charge >= 0.3 is 0 Å². The first-order valence-corrected chi connectivity index (χ1v) is 6.96. The van der Waals surface area contributed by atoms with E-state index in [9.17, 15) is 0 Å². The predicted molar refractivity (Wildman–Crippen MR) is 78.1 cm³/mol. The first-order valence-electron chi connectivity index (χ1n) is 6.96. The van der Waals surface area contributed by atoms with E-state index in [0.29, 0.717) is 5.92 Å². The molecule has 96 valence electrons. The highest BCUT2D eigenvalue weighted by atomic mass is 15.1. The molecular formula is C16H27N. The van der Waals surface area contributed by atoms with Gasteiger partial charge in [0, 0.05) is 18.8 Å². The van der Waals surface area contributed by atoms with Crippen molar-refractivity contribution in [2.45, 2.75) is 53.4 Å². The molecule has 0 N–H and O–H groups in total. The summed E-state index contributed by atoms with van der Waals surface area (Å²) in [6.07, 6.45) is 2.43. The molecule has 0 aliphatic heterocycles. The van der Waals surface area contributed by atoms with Gasteiger partial charge in [-0.05, 0) is 42.9 Å². The van der Waals surface area contributed by atoms with Crippen LogP contribution in [0.15, 0.2) is 18.2 Å². The van der Waals surface area contributed by atoms with Gasteiger partial charge in [0.1, 0.15) is 0 Å². The lowest BCUT2D eigenvalue weighted by Crippen LogP contribution is -2.25. The Morgan fingerprint density at radius 2 is 1.65 bits per heavy atom. The van der Waals surface area contributed by atoms with Crippen LogP contribution in [0.25, 0.3) is 0 Å². The van der Waals surface area contributed by atoms with Crippen LogP contribution in [0.3, 0.4) is 0 Å². The zero-order chi connectivity index (χ0) is 12.8. The van der Waals surface area contributed by atoms with E-state index in [0.717, 1.165) is 13.1 Å². The molecule has 0 bridgehead atoms. The van der Waals surface area contributed by atoms with Crippen molar-refractivity contribution in [1.82, 2.24) is 0 Å². The Morgan fingerprint density at radius 1 is 1.06 bits per heavy atom. The van der Waals surface area contributed by atoms with E-state index in [4.69, 9.17) is 0 Å². The lowest BCUT2D eigenvalue weighted by Gasteiger charge is -2.27. The van der Waals surface area contributed by atoms with Crippen LogP contribution in [0.2, 0.25) is 0 Å². The predicted octanol–water partition coefficient (Wildman–Crippen LogP) is 4.74. The maximum absolute atomic E-state index is 2.53. The van der Waals surface area contributed by atoms with E-state index in [1.165, 1.54) is 29.7 Å². The van der Waals surface area contributed by atoms with Gasteiger partial charge in [-0.25, -0.2) is 0 Å². The summed E-state index contributed by atoms with van der Waals surface area (Å²) >= 11 is 0. The minimum atomic E-state index is 0.611. The maximum atomic E-state index is 2.53. The largest absolute Gasteiger partial charge is 0.371 e. The highest BCUT2D eigenvalue weighted by Crippen LogP contribution is 2.28. The normalized spacial score (nSPS) is 10.9. The molecule has 0 radical (unpaired) electrons. The monoisotopic (exact) mass is 233 g/mol. The SMILES string of the molecule is CCCN(CCC)c1cccc(C(C)C)c1C. The van der Waals surface area contributed by atoms with Crippen molar-refractivity contribution >= 4 is 5.69 Å². The molecule has 0 aromatic heterocycles.